The number of likely N-dealkylation sites (N-methyl/N-ethyl adjacent to an activating group) is 1. The van der Waals surface area contributed by atoms with Crippen LogP contribution in [-0.4, -0.2) is 77.1 Å². The highest BCUT2D eigenvalue weighted by Crippen LogP contribution is 2.26. The normalized spacial score (nSPS) is 28.1. The number of rotatable bonds is 5. The smallest absolute Gasteiger partial charge is 0.338 e. The predicted octanol–water partition coefficient (Wildman–Crippen LogP) is 3.96. The van der Waals surface area contributed by atoms with Crippen LogP contribution in [0.2, 0.25) is 0 Å². The summed E-state index contributed by atoms with van der Waals surface area (Å²) in [6.07, 6.45) is 2.60. The summed E-state index contributed by atoms with van der Waals surface area (Å²) in [7, 11) is 2.91. The first-order valence-electron chi connectivity index (χ1n) is 16.4. The fourth-order valence-corrected chi connectivity index (χ4v) is 6.16. The van der Waals surface area contributed by atoms with Gasteiger partial charge in [-0.15, -0.1) is 0 Å². The Bertz CT molecular complexity index is 1630. The van der Waals surface area contributed by atoms with Crippen LogP contribution < -0.4 is 10.6 Å². The van der Waals surface area contributed by atoms with Gasteiger partial charge in [0, 0.05) is 49.5 Å². The van der Waals surface area contributed by atoms with Gasteiger partial charge in [-0.1, -0.05) is 68.0 Å². The van der Waals surface area contributed by atoms with Gasteiger partial charge in [0.1, 0.15) is 18.2 Å². The number of aliphatic hydroxyl groups excluding tert-OH is 1. The van der Waals surface area contributed by atoms with Crippen molar-refractivity contribution >= 4 is 34.6 Å². The van der Waals surface area contributed by atoms with Crippen molar-refractivity contribution in [2.45, 2.75) is 84.4 Å². The van der Waals surface area contributed by atoms with Crippen molar-refractivity contribution < 1.29 is 33.8 Å². The van der Waals surface area contributed by atoms with Gasteiger partial charge in [0.2, 0.25) is 17.7 Å². The van der Waals surface area contributed by atoms with E-state index in [0.29, 0.717) is 17.5 Å². The molecule has 0 bridgehead atoms. The Kier molecular flexibility index (Phi) is 12.2. The Morgan fingerprint density at radius 2 is 1.65 bits per heavy atom. The lowest BCUT2D eigenvalue weighted by molar-refractivity contribution is -0.164. The number of hydrogen-bond donors (Lipinski definition) is 4. The molecule has 258 valence electrons. The first-order valence-corrected chi connectivity index (χ1v) is 16.4. The molecule has 11 nitrogen and oxygen atoms in total. The maximum atomic E-state index is 14.4. The number of allylic oxidation sites excluding steroid dienone is 1. The summed E-state index contributed by atoms with van der Waals surface area (Å²) >= 11 is 0. The number of para-hydroxylation sites is 1. The Balaban J connectivity index is 1.80. The van der Waals surface area contributed by atoms with Crippen molar-refractivity contribution in [3.05, 3.63) is 83.1 Å². The van der Waals surface area contributed by atoms with Gasteiger partial charge in [-0.25, -0.2) is 4.79 Å². The number of methoxy groups -OCH3 is 1. The van der Waals surface area contributed by atoms with Crippen molar-refractivity contribution in [3.8, 4) is 0 Å². The number of amides is 3. The quantitative estimate of drug-likeness (QED) is 0.239. The number of aromatic amines is 1. The summed E-state index contributed by atoms with van der Waals surface area (Å²) < 4.78 is 11.6. The maximum Gasteiger partial charge on any atom is 0.338 e. The molecule has 0 radical (unpaired) electrons. The Hall–Kier alpha value is -4.48. The summed E-state index contributed by atoms with van der Waals surface area (Å²) in [5, 5.41) is 16.4. The molecule has 4 N–H and O–H groups in total. The van der Waals surface area contributed by atoms with Gasteiger partial charge < -0.3 is 35.1 Å². The second-order valence-electron chi connectivity index (χ2n) is 12.9. The van der Waals surface area contributed by atoms with Crippen molar-refractivity contribution in [3.63, 3.8) is 0 Å². The number of cyclic esters (lactones) is 1. The van der Waals surface area contributed by atoms with Crippen LogP contribution in [0.4, 0.5) is 0 Å². The average molecular weight is 661 g/mol. The largest absolute Gasteiger partial charge is 0.460 e. The number of nitrogens with one attached hydrogen (secondary N) is 3. The number of carbonyl (C=O) groups excluding carboxylic acids is 4. The third-order valence-electron chi connectivity index (χ3n) is 9.21. The van der Waals surface area contributed by atoms with Crippen LogP contribution in [0.1, 0.15) is 63.8 Å². The number of aromatic nitrogens is 1. The van der Waals surface area contributed by atoms with E-state index in [4.69, 9.17) is 9.47 Å². The third kappa shape index (κ3) is 8.51. The molecule has 0 fully saturated rings. The van der Waals surface area contributed by atoms with E-state index in [1.165, 1.54) is 19.1 Å². The van der Waals surface area contributed by atoms with E-state index in [-0.39, 0.29) is 24.9 Å². The van der Waals surface area contributed by atoms with E-state index in [1.807, 2.05) is 50.4 Å². The molecular weight excluding hydrogens is 612 g/mol. The van der Waals surface area contributed by atoms with Gasteiger partial charge in [0.15, 0.2) is 6.10 Å². The first kappa shape index (κ1) is 36.4. The molecule has 0 saturated heterocycles. The molecule has 3 aromatic rings. The van der Waals surface area contributed by atoms with Crippen molar-refractivity contribution in [2.24, 2.45) is 11.8 Å². The number of esters is 1. The van der Waals surface area contributed by atoms with Crippen molar-refractivity contribution in [1.82, 2.24) is 20.5 Å². The highest BCUT2D eigenvalue weighted by molar-refractivity contribution is 5.93. The van der Waals surface area contributed by atoms with Gasteiger partial charge in [0.25, 0.3) is 0 Å². The summed E-state index contributed by atoms with van der Waals surface area (Å²) in [5.41, 5.74) is 3.84. The summed E-state index contributed by atoms with van der Waals surface area (Å²) in [6, 6.07) is 11.5. The third-order valence-corrected chi connectivity index (χ3v) is 9.21. The van der Waals surface area contributed by atoms with E-state index < -0.39 is 54.0 Å². The first-order chi connectivity index (χ1) is 22.8. The molecule has 3 amide bonds. The lowest BCUT2D eigenvalue weighted by atomic mass is 9.95. The van der Waals surface area contributed by atoms with E-state index in [9.17, 15) is 24.3 Å². The highest BCUT2D eigenvalue weighted by atomic mass is 16.6. The zero-order chi connectivity index (χ0) is 35.1. The Labute approximate surface area is 282 Å². The molecule has 1 aliphatic rings. The lowest BCUT2D eigenvalue weighted by Crippen LogP contribution is -2.56. The molecule has 0 saturated carbocycles. The summed E-state index contributed by atoms with van der Waals surface area (Å²) in [5.74, 6) is -2.54. The molecule has 1 aromatic heterocycles. The molecule has 11 heteroatoms. The van der Waals surface area contributed by atoms with E-state index in [2.05, 4.69) is 15.6 Å². The van der Waals surface area contributed by atoms with Gasteiger partial charge in [-0.3, -0.25) is 14.4 Å². The molecular formula is C37H48N4O7. The second kappa shape index (κ2) is 16.1. The number of aliphatic hydroxyl groups is 1. The predicted molar refractivity (Wildman–Crippen MR) is 182 cm³/mol. The molecule has 7 unspecified atom stereocenters. The molecule has 0 aliphatic carbocycles. The van der Waals surface area contributed by atoms with Crippen LogP contribution in [0.5, 0.6) is 0 Å². The zero-order valence-electron chi connectivity index (χ0n) is 28.8. The number of carbonyl (C=O) groups is 4. The lowest BCUT2D eigenvalue weighted by Gasteiger charge is -2.33. The van der Waals surface area contributed by atoms with Gasteiger partial charge in [-0.2, -0.15) is 0 Å². The number of ether oxygens (including phenoxy) is 2. The van der Waals surface area contributed by atoms with Gasteiger partial charge in [-0.05, 0) is 49.9 Å². The highest BCUT2D eigenvalue weighted by Gasteiger charge is 2.38. The van der Waals surface area contributed by atoms with Crippen LogP contribution >= 0.6 is 0 Å². The van der Waals surface area contributed by atoms with Crippen molar-refractivity contribution in [2.75, 3.05) is 14.2 Å². The topological polar surface area (TPSA) is 150 Å². The average Bonchev–Trinajstić information content (AvgIpc) is 3.48. The number of nitrogens with zero attached hydrogens (tertiary/aromatic N) is 1. The van der Waals surface area contributed by atoms with E-state index >= 15 is 0 Å². The zero-order valence-corrected chi connectivity index (χ0v) is 28.8. The SMILES string of the molecule is COC1C(=O)OC(C)C(C)/C=C(\C)CC(C)C(=O)NC(C)C(=O)N(C)C(Cc2c[nH]c3ccccc23)C(=O)NC1c1ccc(CO)cc1. The molecule has 2 heterocycles. The Morgan fingerprint density at radius 1 is 0.958 bits per heavy atom. The molecule has 7 atom stereocenters. The molecule has 48 heavy (non-hydrogen) atoms. The van der Waals surface area contributed by atoms with E-state index in [1.54, 1.807) is 45.0 Å². The number of hydrogen-bond acceptors (Lipinski definition) is 7. The van der Waals surface area contributed by atoms with Crippen LogP contribution in [0, 0.1) is 11.8 Å². The van der Waals surface area contributed by atoms with Gasteiger partial charge >= 0.3 is 5.97 Å². The van der Waals surface area contributed by atoms with Crippen LogP contribution in [0.15, 0.2) is 66.4 Å². The van der Waals surface area contributed by atoms with Crippen LogP contribution in [0.3, 0.4) is 0 Å². The molecule has 1 aliphatic heterocycles. The molecule has 0 spiro atoms. The van der Waals surface area contributed by atoms with Gasteiger partial charge in [0.05, 0.1) is 12.6 Å². The maximum absolute atomic E-state index is 14.4. The summed E-state index contributed by atoms with van der Waals surface area (Å²) in [4.78, 5) is 59.8. The monoisotopic (exact) mass is 660 g/mol. The fraction of sp³-hybridized carbons (Fsp3) is 0.459. The standard InChI is InChI=1S/C37H48N4O7/c1-21-16-22(2)25(5)48-37(46)33(47-7)32(27-14-12-26(20-42)13-15-27)40-35(44)31(18-28-19-38-30-11-9-8-10-29(28)30)41(6)36(45)24(4)39-34(43)23(3)17-21/h8-16,19,22-25,31-33,38,42H,17-18,20H2,1-7H3,(H,39,43)(H,40,44)/b21-16+. The second-order valence-corrected chi connectivity index (χ2v) is 12.9. The molecule has 2 aromatic carbocycles. The summed E-state index contributed by atoms with van der Waals surface area (Å²) in [6.45, 7) is 8.86. The Morgan fingerprint density at radius 3 is 2.31 bits per heavy atom. The fourth-order valence-electron chi connectivity index (χ4n) is 6.16. The minimum Gasteiger partial charge on any atom is -0.460 e. The number of benzene rings is 2. The molecule has 4 rings (SSSR count). The minimum absolute atomic E-state index is 0.145. The minimum atomic E-state index is -1.24. The van der Waals surface area contributed by atoms with Crippen LogP contribution in [0.25, 0.3) is 10.9 Å². The number of H-pyrrole nitrogens is 1. The van der Waals surface area contributed by atoms with E-state index in [0.717, 1.165) is 22.0 Å². The van der Waals surface area contributed by atoms with Crippen molar-refractivity contribution in [1.29, 1.82) is 0 Å². The number of fused-ring (bicyclic) bond motifs is 1. The van der Waals surface area contributed by atoms with Crippen LogP contribution in [-0.2, 0) is 41.7 Å².